The molecular weight excluding hydrogens is 352 g/mol. The molecule has 9 heteroatoms. The summed E-state index contributed by atoms with van der Waals surface area (Å²) in [5.41, 5.74) is 0. The number of sulfonamides is 1. The van der Waals surface area contributed by atoms with Gasteiger partial charge < -0.3 is 9.30 Å². The van der Waals surface area contributed by atoms with Crippen LogP contribution >= 0.6 is 11.6 Å². The molecule has 0 bridgehead atoms. The first kappa shape index (κ1) is 18.7. The molecule has 0 fully saturated rings. The zero-order valence-electron chi connectivity index (χ0n) is 14.0. The highest BCUT2D eigenvalue weighted by atomic mass is 35.5. The Balaban J connectivity index is 2.28. The first-order valence-electron chi connectivity index (χ1n) is 7.60. The van der Waals surface area contributed by atoms with Crippen LogP contribution in [0, 0.1) is 0 Å². The molecule has 24 heavy (non-hydrogen) atoms. The summed E-state index contributed by atoms with van der Waals surface area (Å²) in [5.74, 6) is 0.882. The number of ether oxygens (including phenoxy) is 1. The molecule has 1 atom stereocenters. The number of benzene rings is 1. The van der Waals surface area contributed by atoms with Gasteiger partial charge in [0.25, 0.3) is 0 Å². The highest BCUT2D eigenvalue weighted by molar-refractivity contribution is 7.89. The fourth-order valence-electron chi connectivity index (χ4n) is 2.23. The molecule has 0 aliphatic heterocycles. The molecule has 0 spiro atoms. The van der Waals surface area contributed by atoms with E-state index >= 15 is 0 Å². The van der Waals surface area contributed by atoms with E-state index in [0.717, 1.165) is 0 Å². The van der Waals surface area contributed by atoms with Gasteiger partial charge in [0.1, 0.15) is 12.1 Å². The molecule has 2 rings (SSSR count). The first-order valence-corrected chi connectivity index (χ1v) is 9.46. The molecule has 1 N–H and O–H groups in total. The molecule has 0 amide bonds. The van der Waals surface area contributed by atoms with Gasteiger partial charge in [-0.3, -0.25) is 0 Å². The number of nitrogens with zero attached hydrogens (tertiary/aromatic N) is 3. The molecule has 0 aliphatic carbocycles. The maximum atomic E-state index is 12.6. The van der Waals surface area contributed by atoms with E-state index in [-0.39, 0.29) is 10.9 Å². The zero-order chi connectivity index (χ0) is 17.9. The Morgan fingerprint density at radius 2 is 2.04 bits per heavy atom. The second-order valence-corrected chi connectivity index (χ2v) is 7.68. The molecule has 0 saturated heterocycles. The molecule has 1 aromatic heterocycles. The predicted octanol–water partition coefficient (Wildman–Crippen LogP) is 2.95. The van der Waals surface area contributed by atoms with Crippen molar-refractivity contribution in [3.05, 3.63) is 35.4 Å². The molecule has 0 unspecified atom stereocenters. The number of halogens is 1. The SMILES string of the molecule is CCOc1cc(S(=O)(=O)N[C@H](C)c2nncn2C(C)C)ccc1Cl. The number of rotatable bonds is 7. The van der Waals surface area contributed by atoms with Gasteiger partial charge in [-0.1, -0.05) is 11.6 Å². The summed E-state index contributed by atoms with van der Waals surface area (Å²) in [6, 6.07) is 3.94. The van der Waals surface area contributed by atoms with Gasteiger partial charge in [-0.15, -0.1) is 10.2 Å². The van der Waals surface area contributed by atoms with E-state index in [1.807, 2.05) is 18.4 Å². The predicted molar refractivity (Wildman–Crippen MR) is 91.8 cm³/mol. The summed E-state index contributed by atoms with van der Waals surface area (Å²) >= 11 is 6.01. The van der Waals surface area contributed by atoms with Crippen molar-refractivity contribution in [2.24, 2.45) is 0 Å². The molecule has 7 nitrogen and oxygen atoms in total. The van der Waals surface area contributed by atoms with Crippen molar-refractivity contribution < 1.29 is 13.2 Å². The van der Waals surface area contributed by atoms with Gasteiger partial charge in [0.05, 0.1) is 22.6 Å². The van der Waals surface area contributed by atoms with Crippen molar-refractivity contribution >= 4 is 21.6 Å². The standard InChI is InChI=1S/C15H21ClN4O3S/c1-5-23-14-8-12(6-7-13(14)16)24(21,22)19-11(4)15-18-17-9-20(15)10(2)3/h6-11,19H,5H2,1-4H3/t11-/m1/s1. The third-order valence-corrected chi connectivity index (χ3v) is 5.24. The lowest BCUT2D eigenvalue weighted by Gasteiger charge is -2.17. The molecule has 0 saturated carbocycles. The Morgan fingerprint density at radius 1 is 1.33 bits per heavy atom. The normalized spacial score (nSPS) is 13.2. The number of hydrogen-bond donors (Lipinski definition) is 1. The van der Waals surface area contributed by atoms with Crippen molar-refractivity contribution in [3.63, 3.8) is 0 Å². The lowest BCUT2D eigenvalue weighted by atomic mass is 10.3. The summed E-state index contributed by atoms with van der Waals surface area (Å²) in [5, 5.41) is 8.24. The number of nitrogens with one attached hydrogen (secondary N) is 1. The van der Waals surface area contributed by atoms with Crippen molar-refractivity contribution in [3.8, 4) is 5.75 Å². The van der Waals surface area contributed by atoms with Crippen LogP contribution in [-0.4, -0.2) is 29.8 Å². The van der Waals surface area contributed by atoms with Crippen molar-refractivity contribution in [2.75, 3.05) is 6.61 Å². The third kappa shape index (κ3) is 4.06. The molecular formula is C15H21ClN4O3S. The highest BCUT2D eigenvalue weighted by Crippen LogP contribution is 2.28. The third-order valence-electron chi connectivity index (χ3n) is 3.39. The molecule has 1 aromatic carbocycles. The van der Waals surface area contributed by atoms with Crippen molar-refractivity contribution in [1.29, 1.82) is 0 Å². The van der Waals surface area contributed by atoms with Gasteiger partial charge in [-0.05, 0) is 39.8 Å². The Kier molecular flexibility index (Phi) is 5.84. The minimum atomic E-state index is -3.76. The summed E-state index contributed by atoms with van der Waals surface area (Å²) in [6.45, 7) is 7.87. The number of hydrogen-bond acceptors (Lipinski definition) is 5. The average molecular weight is 373 g/mol. The summed E-state index contributed by atoms with van der Waals surface area (Å²) < 4.78 is 35.0. The fraction of sp³-hybridized carbons (Fsp3) is 0.467. The Bertz CT molecular complexity index is 805. The van der Waals surface area contributed by atoms with Crippen LogP contribution in [-0.2, 0) is 10.0 Å². The van der Waals surface area contributed by atoms with E-state index in [4.69, 9.17) is 16.3 Å². The van der Waals surface area contributed by atoms with Gasteiger partial charge >= 0.3 is 0 Å². The van der Waals surface area contributed by atoms with E-state index in [0.29, 0.717) is 23.2 Å². The van der Waals surface area contributed by atoms with Crippen LogP contribution in [0.5, 0.6) is 5.75 Å². The van der Waals surface area contributed by atoms with Gasteiger partial charge in [0.15, 0.2) is 5.82 Å². The fourth-order valence-corrected chi connectivity index (χ4v) is 3.62. The lowest BCUT2D eigenvalue weighted by Crippen LogP contribution is -2.29. The van der Waals surface area contributed by atoms with Crippen LogP contribution in [0.3, 0.4) is 0 Å². The van der Waals surface area contributed by atoms with E-state index in [1.165, 1.54) is 18.2 Å². The monoisotopic (exact) mass is 372 g/mol. The minimum absolute atomic E-state index is 0.0813. The smallest absolute Gasteiger partial charge is 0.241 e. The molecule has 0 aliphatic rings. The summed E-state index contributed by atoms with van der Waals surface area (Å²) in [4.78, 5) is 0.0813. The largest absolute Gasteiger partial charge is 0.492 e. The van der Waals surface area contributed by atoms with Crippen LogP contribution < -0.4 is 9.46 Å². The first-order chi connectivity index (χ1) is 11.3. The van der Waals surface area contributed by atoms with E-state index in [1.54, 1.807) is 20.2 Å². The quantitative estimate of drug-likeness (QED) is 0.807. The van der Waals surface area contributed by atoms with Crippen LogP contribution in [0.4, 0.5) is 0 Å². The van der Waals surface area contributed by atoms with Gasteiger partial charge in [0.2, 0.25) is 10.0 Å². The van der Waals surface area contributed by atoms with Crippen LogP contribution in [0.1, 0.15) is 45.6 Å². The molecule has 0 radical (unpaired) electrons. The van der Waals surface area contributed by atoms with Crippen LogP contribution in [0.15, 0.2) is 29.4 Å². The second kappa shape index (κ2) is 7.50. The van der Waals surface area contributed by atoms with E-state index < -0.39 is 16.1 Å². The molecule has 1 heterocycles. The van der Waals surface area contributed by atoms with E-state index in [9.17, 15) is 8.42 Å². The summed E-state index contributed by atoms with van der Waals surface area (Å²) in [7, 11) is -3.76. The van der Waals surface area contributed by atoms with Crippen LogP contribution in [0.25, 0.3) is 0 Å². The van der Waals surface area contributed by atoms with Gasteiger partial charge in [-0.25, -0.2) is 13.1 Å². The van der Waals surface area contributed by atoms with Crippen molar-refractivity contribution in [1.82, 2.24) is 19.5 Å². The van der Waals surface area contributed by atoms with Crippen LogP contribution in [0.2, 0.25) is 5.02 Å². The Hall–Kier alpha value is -1.64. The topological polar surface area (TPSA) is 86.1 Å². The second-order valence-electron chi connectivity index (χ2n) is 5.56. The molecule has 2 aromatic rings. The van der Waals surface area contributed by atoms with Crippen molar-refractivity contribution in [2.45, 2.75) is 44.7 Å². The maximum absolute atomic E-state index is 12.6. The zero-order valence-corrected chi connectivity index (χ0v) is 15.6. The van der Waals surface area contributed by atoms with Gasteiger partial charge in [-0.2, -0.15) is 0 Å². The Morgan fingerprint density at radius 3 is 2.67 bits per heavy atom. The lowest BCUT2D eigenvalue weighted by molar-refractivity contribution is 0.339. The minimum Gasteiger partial charge on any atom is -0.492 e. The van der Waals surface area contributed by atoms with E-state index in [2.05, 4.69) is 14.9 Å². The Labute approximate surface area is 147 Å². The molecule has 132 valence electrons. The highest BCUT2D eigenvalue weighted by Gasteiger charge is 2.23. The number of aromatic nitrogens is 3. The summed E-state index contributed by atoms with van der Waals surface area (Å²) in [6.07, 6.45) is 1.58. The van der Waals surface area contributed by atoms with Gasteiger partial charge in [0, 0.05) is 12.1 Å². The average Bonchev–Trinajstić information content (AvgIpc) is 2.99. The maximum Gasteiger partial charge on any atom is 0.241 e.